The molecule has 5 nitrogen and oxygen atoms in total. The summed E-state index contributed by atoms with van der Waals surface area (Å²) in [4.78, 5) is 25.9. The van der Waals surface area contributed by atoms with Gasteiger partial charge < -0.3 is 9.80 Å². The first-order valence-corrected chi connectivity index (χ1v) is 11.0. The van der Waals surface area contributed by atoms with Gasteiger partial charge in [0.15, 0.2) is 0 Å². The number of hydrogen-bond donors (Lipinski definition) is 0. The van der Waals surface area contributed by atoms with Gasteiger partial charge in [-0.05, 0) is 56.9 Å². The van der Waals surface area contributed by atoms with Crippen molar-refractivity contribution in [1.29, 1.82) is 0 Å². The Morgan fingerprint density at radius 2 is 1.72 bits per heavy atom. The number of amides is 1. The fourth-order valence-electron chi connectivity index (χ4n) is 4.64. The molecule has 0 unspecified atom stereocenters. The predicted octanol–water partition coefficient (Wildman–Crippen LogP) is 3.87. The molecule has 0 spiro atoms. The van der Waals surface area contributed by atoms with Crippen molar-refractivity contribution in [3.05, 3.63) is 54.0 Å². The third kappa shape index (κ3) is 5.14. The van der Waals surface area contributed by atoms with Crippen molar-refractivity contribution in [3.8, 4) is 0 Å². The molecule has 2 aliphatic heterocycles. The number of aromatic nitrogens is 2. The number of carbonyl (C=O) groups excluding carboxylic acids is 1. The molecule has 2 fully saturated rings. The molecule has 2 aromatic rings. The smallest absolute Gasteiger partial charge is 0.225 e. The van der Waals surface area contributed by atoms with E-state index < -0.39 is 0 Å². The summed E-state index contributed by atoms with van der Waals surface area (Å²) >= 11 is 0. The zero-order valence-corrected chi connectivity index (χ0v) is 17.5. The summed E-state index contributed by atoms with van der Waals surface area (Å²) in [6, 6.07) is 8.90. The molecule has 0 saturated carbocycles. The average Bonchev–Trinajstić information content (AvgIpc) is 2.79. The van der Waals surface area contributed by atoms with E-state index in [0.29, 0.717) is 5.91 Å². The van der Waals surface area contributed by atoms with Gasteiger partial charge in [-0.3, -0.25) is 9.78 Å². The number of likely N-dealkylation sites (tertiary alicyclic amines) is 1. The second-order valence-corrected chi connectivity index (χ2v) is 8.62. The van der Waals surface area contributed by atoms with E-state index in [0.717, 1.165) is 70.0 Å². The van der Waals surface area contributed by atoms with E-state index in [-0.39, 0.29) is 5.92 Å². The fourth-order valence-corrected chi connectivity index (χ4v) is 4.64. The van der Waals surface area contributed by atoms with Crippen LogP contribution >= 0.6 is 0 Å². The summed E-state index contributed by atoms with van der Waals surface area (Å²) < 4.78 is 0. The molecular weight excluding hydrogens is 360 g/mol. The third-order valence-corrected chi connectivity index (χ3v) is 6.61. The highest BCUT2D eigenvalue weighted by Crippen LogP contribution is 2.27. The van der Waals surface area contributed by atoms with Crippen LogP contribution in [0, 0.1) is 18.8 Å². The minimum atomic E-state index is 0.173. The van der Waals surface area contributed by atoms with Crippen LogP contribution in [-0.2, 0) is 11.2 Å². The Balaban J connectivity index is 1.20. The molecule has 0 N–H and O–H groups in total. The fraction of sp³-hybridized carbons (Fsp3) is 0.542. The second kappa shape index (κ2) is 9.38. The maximum Gasteiger partial charge on any atom is 0.225 e. The molecule has 0 atom stereocenters. The molecule has 3 heterocycles. The van der Waals surface area contributed by atoms with Gasteiger partial charge in [-0.25, -0.2) is 4.98 Å². The molecule has 2 saturated heterocycles. The summed E-state index contributed by atoms with van der Waals surface area (Å²) in [5, 5.41) is 0. The highest BCUT2D eigenvalue weighted by Gasteiger charge is 2.31. The number of benzene rings is 1. The lowest BCUT2D eigenvalue weighted by Crippen LogP contribution is -2.45. The van der Waals surface area contributed by atoms with Gasteiger partial charge in [-0.2, -0.15) is 0 Å². The van der Waals surface area contributed by atoms with Crippen molar-refractivity contribution in [1.82, 2.24) is 14.9 Å². The van der Waals surface area contributed by atoms with Crippen molar-refractivity contribution < 1.29 is 4.79 Å². The maximum absolute atomic E-state index is 13.0. The summed E-state index contributed by atoms with van der Waals surface area (Å²) in [6.45, 7) is 5.78. The Bertz CT molecular complexity index is 776. The number of nitrogens with zero attached hydrogens (tertiary/aromatic N) is 4. The Morgan fingerprint density at radius 3 is 2.38 bits per heavy atom. The van der Waals surface area contributed by atoms with Gasteiger partial charge in [-0.1, -0.05) is 29.8 Å². The number of anilines is 1. The lowest BCUT2D eigenvalue weighted by Gasteiger charge is -2.37. The molecule has 0 aliphatic carbocycles. The molecule has 1 aromatic carbocycles. The molecule has 29 heavy (non-hydrogen) atoms. The highest BCUT2D eigenvalue weighted by molar-refractivity contribution is 5.79. The van der Waals surface area contributed by atoms with E-state index in [4.69, 9.17) is 0 Å². The van der Waals surface area contributed by atoms with Crippen LogP contribution in [-0.4, -0.2) is 47.0 Å². The van der Waals surface area contributed by atoms with E-state index in [1.54, 1.807) is 12.4 Å². The minimum Gasteiger partial charge on any atom is -0.355 e. The predicted molar refractivity (Wildman–Crippen MR) is 116 cm³/mol. The van der Waals surface area contributed by atoms with E-state index in [2.05, 4.69) is 51.0 Å². The van der Waals surface area contributed by atoms with Crippen molar-refractivity contribution in [2.24, 2.45) is 11.8 Å². The maximum atomic E-state index is 13.0. The normalized spacial score (nSPS) is 18.8. The zero-order valence-electron chi connectivity index (χ0n) is 17.5. The first kappa shape index (κ1) is 19.9. The summed E-state index contributed by atoms with van der Waals surface area (Å²) in [6.07, 6.45) is 11.8. The van der Waals surface area contributed by atoms with Crippen LogP contribution in [0.3, 0.4) is 0 Å². The Labute approximate surface area is 174 Å². The Morgan fingerprint density at radius 1 is 1.00 bits per heavy atom. The first-order valence-electron chi connectivity index (χ1n) is 11.0. The molecule has 4 rings (SSSR count). The van der Waals surface area contributed by atoms with Crippen LogP contribution in [0.1, 0.15) is 43.2 Å². The van der Waals surface area contributed by atoms with Gasteiger partial charge in [-0.15, -0.1) is 0 Å². The van der Waals surface area contributed by atoms with Gasteiger partial charge in [0.25, 0.3) is 0 Å². The van der Waals surface area contributed by atoms with Crippen molar-refractivity contribution in [2.75, 3.05) is 31.1 Å². The van der Waals surface area contributed by atoms with E-state index in [1.807, 2.05) is 6.20 Å². The molecule has 1 amide bonds. The number of aryl methyl sites for hydroxylation is 2. The molecule has 2 aliphatic rings. The van der Waals surface area contributed by atoms with Gasteiger partial charge >= 0.3 is 0 Å². The highest BCUT2D eigenvalue weighted by atomic mass is 16.2. The Hall–Kier alpha value is -2.43. The van der Waals surface area contributed by atoms with Gasteiger partial charge in [0, 0.05) is 44.5 Å². The molecule has 0 bridgehead atoms. The molecular formula is C24H32N4O. The van der Waals surface area contributed by atoms with Crippen LogP contribution in [0.25, 0.3) is 0 Å². The molecule has 5 heteroatoms. The monoisotopic (exact) mass is 392 g/mol. The van der Waals surface area contributed by atoms with Gasteiger partial charge in [0.2, 0.25) is 5.91 Å². The largest absolute Gasteiger partial charge is 0.355 e. The Kier molecular flexibility index (Phi) is 6.43. The average molecular weight is 393 g/mol. The number of rotatable bonds is 5. The van der Waals surface area contributed by atoms with Gasteiger partial charge in [0.05, 0.1) is 6.20 Å². The van der Waals surface area contributed by atoms with E-state index >= 15 is 0 Å². The SMILES string of the molecule is Cc1ccc(CCC2CCN(C(=O)C3CCN(c4cnccn4)CC3)CC2)cc1. The van der Waals surface area contributed by atoms with Crippen molar-refractivity contribution in [3.63, 3.8) is 0 Å². The van der Waals surface area contributed by atoms with Crippen LogP contribution in [0.2, 0.25) is 0 Å². The quantitative estimate of drug-likeness (QED) is 0.775. The molecule has 154 valence electrons. The second-order valence-electron chi connectivity index (χ2n) is 8.62. The van der Waals surface area contributed by atoms with Crippen LogP contribution < -0.4 is 4.90 Å². The molecule has 1 aromatic heterocycles. The van der Waals surface area contributed by atoms with Crippen molar-refractivity contribution >= 4 is 11.7 Å². The van der Waals surface area contributed by atoms with Gasteiger partial charge in [0.1, 0.15) is 5.82 Å². The van der Waals surface area contributed by atoms with Crippen LogP contribution in [0.5, 0.6) is 0 Å². The summed E-state index contributed by atoms with van der Waals surface area (Å²) in [5.74, 6) is 2.22. The van der Waals surface area contributed by atoms with Crippen LogP contribution in [0.4, 0.5) is 5.82 Å². The standard InChI is InChI=1S/C24H32N4O/c1-19-2-4-20(5-3-19)6-7-21-8-14-28(15-9-21)24(29)22-10-16-27(17-11-22)23-18-25-12-13-26-23/h2-5,12-13,18,21-22H,6-11,14-17H2,1H3. The zero-order chi connectivity index (χ0) is 20.1. The summed E-state index contributed by atoms with van der Waals surface area (Å²) in [5.41, 5.74) is 2.76. The minimum absolute atomic E-state index is 0.173. The van der Waals surface area contributed by atoms with E-state index in [1.165, 1.54) is 17.5 Å². The van der Waals surface area contributed by atoms with Crippen molar-refractivity contribution in [2.45, 2.75) is 45.4 Å². The molecule has 0 radical (unpaired) electrons. The lowest BCUT2D eigenvalue weighted by atomic mass is 9.89. The van der Waals surface area contributed by atoms with Crippen LogP contribution in [0.15, 0.2) is 42.9 Å². The topological polar surface area (TPSA) is 49.3 Å². The number of piperidine rings is 2. The lowest BCUT2D eigenvalue weighted by molar-refractivity contribution is -0.137. The third-order valence-electron chi connectivity index (χ3n) is 6.61. The summed E-state index contributed by atoms with van der Waals surface area (Å²) in [7, 11) is 0. The number of carbonyl (C=O) groups is 1. The first-order chi connectivity index (χ1) is 14.2. The van der Waals surface area contributed by atoms with E-state index in [9.17, 15) is 4.79 Å². The number of hydrogen-bond acceptors (Lipinski definition) is 4.